The highest BCUT2D eigenvalue weighted by Gasteiger charge is 2.11. The van der Waals surface area contributed by atoms with Gasteiger partial charge in [0.15, 0.2) is 5.43 Å². The Morgan fingerprint density at radius 2 is 1.67 bits per heavy atom. The number of carboxylic acids is 1. The average molecular weight is 285 g/mol. The fraction of sp³-hybridized carbons (Fsp3) is 0.294. The maximum atomic E-state index is 11.5. The standard InChI is InChI=1S/C17H19NO3/c1-11(8-17(20)21)14-4-6-15(7-5-14)18-12(2)9-16(19)10-13(18)3/h4-7,9-11H,8H2,1-3H3,(H,20,21). The van der Waals surface area contributed by atoms with Crippen LogP contribution >= 0.6 is 0 Å². The van der Waals surface area contributed by atoms with Gasteiger partial charge in [0, 0.05) is 29.2 Å². The number of aliphatic carboxylic acids is 1. The summed E-state index contributed by atoms with van der Waals surface area (Å²) in [5.74, 6) is -0.813. The maximum Gasteiger partial charge on any atom is 0.303 e. The first-order chi connectivity index (χ1) is 9.88. The molecule has 0 spiro atoms. The predicted octanol–water partition coefficient (Wildman–Crippen LogP) is 3.03. The topological polar surface area (TPSA) is 59.3 Å². The van der Waals surface area contributed by atoms with Crippen LogP contribution in [0.3, 0.4) is 0 Å². The smallest absolute Gasteiger partial charge is 0.303 e. The predicted molar refractivity (Wildman–Crippen MR) is 82.2 cm³/mol. The van der Waals surface area contributed by atoms with Gasteiger partial charge in [-0.05, 0) is 37.5 Å². The van der Waals surface area contributed by atoms with E-state index in [0.29, 0.717) is 0 Å². The first kappa shape index (κ1) is 15.0. The zero-order valence-corrected chi connectivity index (χ0v) is 12.5. The van der Waals surface area contributed by atoms with Crippen molar-refractivity contribution in [2.24, 2.45) is 0 Å². The van der Waals surface area contributed by atoms with Crippen molar-refractivity contribution in [2.75, 3.05) is 0 Å². The quantitative estimate of drug-likeness (QED) is 0.939. The first-order valence-corrected chi connectivity index (χ1v) is 6.91. The van der Waals surface area contributed by atoms with Gasteiger partial charge in [-0.3, -0.25) is 9.59 Å². The molecule has 0 amide bonds. The van der Waals surface area contributed by atoms with Gasteiger partial charge < -0.3 is 9.67 Å². The third-order valence-corrected chi connectivity index (χ3v) is 3.61. The number of nitrogens with zero attached hydrogens (tertiary/aromatic N) is 1. The van der Waals surface area contributed by atoms with E-state index in [2.05, 4.69) is 0 Å². The lowest BCUT2D eigenvalue weighted by Crippen LogP contribution is -2.11. The molecule has 1 unspecified atom stereocenters. The Bertz CT molecular complexity index is 688. The Hall–Kier alpha value is -2.36. The molecule has 0 saturated heterocycles. The van der Waals surface area contributed by atoms with Gasteiger partial charge in [-0.1, -0.05) is 19.1 Å². The molecule has 4 nitrogen and oxygen atoms in total. The molecule has 1 heterocycles. The SMILES string of the molecule is Cc1cc(=O)cc(C)n1-c1ccc(C(C)CC(=O)O)cc1. The van der Waals surface area contributed by atoms with Crippen molar-refractivity contribution in [3.8, 4) is 5.69 Å². The summed E-state index contributed by atoms with van der Waals surface area (Å²) in [4.78, 5) is 22.2. The Labute approximate surface area is 123 Å². The molecular weight excluding hydrogens is 266 g/mol. The number of pyridine rings is 1. The third-order valence-electron chi connectivity index (χ3n) is 3.61. The molecule has 1 atom stereocenters. The van der Waals surface area contributed by atoms with Crippen LogP contribution in [0.5, 0.6) is 0 Å². The van der Waals surface area contributed by atoms with Crippen molar-refractivity contribution >= 4 is 5.97 Å². The van der Waals surface area contributed by atoms with Crippen molar-refractivity contribution in [3.63, 3.8) is 0 Å². The Balaban J connectivity index is 2.36. The number of carbonyl (C=O) groups is 1. The lowest BCUT2D eigenvalue weighted by atomic mass is 9.97. The summed E-state index contributed by atoms with van der Waals surface area (Å²) >= 11 is 0. The fourth-order valence-electron chi connectivity index (χ4n) is 2.60. The van der Waals surface area contributed by atoms with Crippen LogP contribution in [0.15, 0.2) is 41.2 Å². The second-order valence-corrected chi connectivity index (χ2v) is 5.40. The van der Waals surface area contributed by atoms with Crippen molar-refractivity contribution in [2.45, 2.75) is 33.1 Å². The minimum atomic E-state index is -0.793. The van der Waals surface area contributed by atoms with E-state index in [0.717, 1.165) is 22.6 Å². The van der Waals surface area contributed by atoms with Crippen LogP contribution in [0.2, 0.25) is 0 Å². The van der Waals surface area contributed by atoms with Gasteiger partial charge in [0.1, 0.15) is 0 Å². The number of carboxylic acid groups (broad SMARTS) is 1. The minimum absolute atomic E-state index is 0.00736. The van der Waals surface area contributed by atoms with E-state index in [4.69, 9.17) is 5.11 Å². The summed E-state index contributed by atoms with van der Waals surface area (Å²) < 4.78 is 2.01. The van der Waals surface area contributed by atoms with E-state index in [1.807, 2.05) is 49.6 Å². The van der Waals surface area contributed by atoms with Gasteiger partial charge in [-0.15, -0.1) is 0 Å². The number of benzene rings is 1. The molecule has 2 rings (SSSR count). The monoisotopic (exact) mass is 285 g/mol. The van der Waals surface area contributed by atoms with E-state index in [-0.39, 0.29) is 17.8 Å². The van der Waals surface area contributed by atoms with Crippen LogP contribution in [0.4, 0.5) is 0 Å². The van der Waals surface area contributed by atoms with Crippen molar-refractivity contribution < 1.29 is 9.90 Å². The van der Waals surface area contributed by atoms with E-state index in [9.17, 15) is 9.59 Å². The Kier molecular flexibility index (Phi) is 4.26. The van der Waals surface area contributed by atoms with Crippen molar-refractivity contribution in [1.29, 1.82) is 0 Å². The number of hydrogen-bond donors (Lipinski definition) is 1. The van der Waals surface area contributed by atoms with Crippen molar-refractivity contribution in [3.05, 3.63) is 63.6 Å². The highest BCUT2D eigenvalue weighted by atomic mass is 16.4. The lowest BCUT2D eigenvalue weighted by Gasteiger charge is -2.16. The lowest BCUT2D eigenvalue weighted by molar-refractivity contribution is -0.137. The third kappa shape index (κ3) is 3.40. The van der Waals surface area contributed by atoms with Crippen LogP contribution in [0.1, 0.15) is 36.2 Å². The fourth-order valence-corrected chi connectivity index (χ4v) is 2.60. The largest absolute Gasteiger partial charge is 0.481 e. The second-order valence-electron chi connectivity index (χ2n) is 5.40. The summed E-state index contributed by atoms with van der Waals surface area (Å²) in [5, 5.41) is 8.84. The number of aromatic nitrogens is 1. The van der Waals surface area contributed by atoms with Crippen molar-refractivity contribution in [1.82, 2.24) is 4.57 Å². The molecule has 0 bridgehead atoms. The molecule has 0 aliphatic rings. The molecule has 21 heavy (non-hydrogen) atoms. The van der Waals surface area contributed by atoms with Crippen LogP contribution < -0.4 is 5.43 Å². The van der Waals surface area contributed by atoms with Crippen LogP contribution in [0.25, 0.3) is 5.69 Å². The molecule has 1 N–H and O–H groups in total. The molecule has 110 valence electrons. The molecule has 4 heteroatoms. The second kappa shape index (κ2) is 5.95. The number of hydrogen-bond acceptors (Lipinski definition) is 2. The summed E-state index contributed by atoms with van der Waals surface area (Å²) in [6.07, 6.45) is 0.120. The molecule has 0 radical (unpaired) electrons. The highest BCUT2D eigenvalue weighted by Crippen LogP contribution is 2.21. The zero-order valence-electron chi connectivity index (χ0n) is 12.5. The zero-order chi connectivity index (χ0) is 15.6. The van der Waals surface area contributed by atoms with Gasteiger partial charge >= 0.3 is 5.97 Å². The van der Waals surface area contributed by atoms with Gasteiger partial charge in [0.05, 0.1) is 6.42 Å². The van der Waals surface area contributed by atoms with Gasteiger partial charge in [0.25, 0.3) is 0 Å². The normalized spacial score (nSPS) is 12.1. The van der Waals surface area contributed by atoms with E-state index < -0.39 is 5.97 Å². The summed E-state index contributed by atoms with van der Waals surface area (Å²) in [7, 11) is 0. The van der Waals surface area contributed by atoms with Gasteiger partial charge in [-0.25, -0.2) is 0 Å². The van der Waals surface area contributed by atoms with Crippen LogP contribution in [-0.4, -0.2) is 15.6 Å². The van der Waals surface area contributed by atoms with E-state index in [1.165, 1.54) is 0 Å². The maximum absolute atomic E-state index is 11.5. The first-order valence-electron chi connectivity index (χ1n) is 6.91. The molecule has 1 aromatic carbocycles. The summed E-state index contributed by atoms with van der Waals surface area (Å²) in [6, 6.07) is 11.0. The molecule has 1 aromatic heterocycles. The van der Waals surface area contributed by atoms with Crippen LogP contribution in [-0.2, 0) is 4.79 Å². The molecule has 2 aromatic rings. The van der Waals surface area contributed by atoms with Gasteiger partial charge in [0.2, 0.25) is 0 Å². The highest BCUT2D eigenvalue weighted by molar-refractivity contribution is 5.68. The van der Waals surface area contributed by atoms with E-state index >= 15 is 0 Å². The van der Waals surface area contributed by atoms with Gasteiger partial charge in [-0.2, -0.15) is 0 Å². The molecular formula is C17H19NO3. The minimum Gasteiger partial charge on any atom is -0.481 e. The summed E-state index contributed by atoms with van der Waals surface area (Å²) in [6.45, 7) is 5.70. The Morgan fingerprint density at radius 1 is 1.14 bits per heavy atom. The van der Waals surface area contributed by atoms with Crippen LogP contribution in [0, 0.1) is 13.8 Å². The Morgan fingerprint density at radius 3 is 2.14 bits per heavy atom. The number of aryl methyl sites for hydroxylation is 2. The molecule has 0 saturated carbocycles. The molecule has 0 aliphatic heterocycles. The summed E-state index contributed by atoms with van der Waals surface area (Å²) in [5.41, 5.74) is 3.74. The van der Waals surface area contributed by atoms with E-state index in [1.54, 1.807) is 12.1 Å². The number of rotatable bonds is 4. The molecule has 0 fully saturated rings. The molecule has 0 aliphatic carbocycles. The average Bonchev–Trinajstić information content (AvgIpc) is 2.37.